The Hall–Kier alpha value is -3.18. The minimum Gasteiger partial charge on any atom is -0.350 e. The summed E-state index contributed by atoms with van der Waals surface area (Å²) in [6.45, 7) is 7.89. The van der Waals surface area contributed by atoms with Crippen LogP contribution in [0, 0.1) is 27.7 Å². The molecule has 0 saturated carbocycles. The lowest BCUT2D eigenvalue weighted by Gasteiger charge is -2.18. The van der Waals surface area contributed by atoms with Crippen LogP contribution in [0.25, 0.3) is 5.57 Å². The molecule has 0 unspecified atom stereocenters. The van der Waals surface area contributed by atoms with E-state index < -0.39 is 0 Å². The minimum absolute atomic E-state index is 0.293. The largest absolute Gasteiger partial charge is 0.350 e. The van der Waals surface area contributed by atoms with Gasteiger partial charge in [0.15, 0.2) is 0 Å². The highest BCUT2D eigenvalue weighted by Crippen LogP contribution is 2.37. The number of nitrogens with zero attached hydrogens (tertiary/aromatic N) is 1. The van der Waals surface area contributed by atoms with Crippen LogP contribution in [-0.2, 0) is 9.59 Å². The number of rotatable bonds is 4. The Bertz CT molecular complexity index is 1160. The van der Waals surface area contributed by atoms with Crippen molar-refractivity contribution in [3.63, 3.8) is 0 Å². The smallest absolute Gasteiger partial charge is 0.282 e. The van der Waals surface area contributed by atoms with Crippen LogP contribution >= 0.6 is 11.3 Å². The zero-order chi connectivity index (χ0) is 20.7. The fraction of sp³-hybridized carbons (Fsp3) is 0.167. The van der Waals surface area contributed by atoms with Gasteiger partial charge in [-0.05, 0) is 68.0 Å². The molecular formula is C24H22N2O2S. The lowest BCUT2D eigenvalue weighted by molar-refractivity contribution is -0.120. The summed E-state index contributed by atoms with van der Waals surface area (Å²) < 4.78 is 0. The van der Waals surface area contributed by atoms with Crippen LogP contribution in [0.2, 0.25) is 0 Å². The average Bonchev–Trinajstić information content (AvgIpc) is 3.27. The van der Waals surface area contributed by atoms with E-state index in [9.17, 15) is 9.59 Å². The van der Waals surface area contributed by atoms with Crippen molar-refractivity contribution in [1.82, 2.24) is 0 Å². The molecule has 4 rings (SSSR count). The molecule has 0 radical (unpaired) electrons. The van der Waals surface area contributed by atoms with E-state index in [0.29, 0.717) is 17.0 Å². The van der Waals surface area contributed by atoms with Gasteiger partial charge >= 0.3 is 0 Å². The van der Waals surface area contributed by atoms with E-state index in [-0.39, 0.29) is 11.8 Å². The Labute approximate surface area is 174 Å². The van der Waals surface area contributed by atoms with Crippen molar-refractivity contribution < 1.29 is 9.59 Å². The van der Waals surface area contributed by atoms with E-state index >= 15 is 0 Å². The second-order valence-electron chi connectivity index (χ2n) is 7.41. The molecule has 1 aromatic heterocycles. The Morgan fingerprint density at radius 3 is 2.24 bits per heavy atom. The third-order valence-electron chi connectivity index (χ3n) is 5.10. The number of imide groups is 1. The highest BCUT2D eigenvalue weighted by Gasteiger charge is 2.41. The zero-order valence-electron chi connectivity index (χ0n) is 16.9. The Morgan fingerprint density at radius 2 is 1.55 bits per heavy atom. The van der Waals surface area contributed by atoms with E-state index in [1.54, 1.807) is 0 Å². The van der Waals surface area contributed by atoms with Crippen LogP contribution in [0.3, 0.4) is 0 Å². The minimum atomic E-state index is -0.327. The Morgan fingerprint density at radius 1 is 0.828 bits per heavy atom. The van der Waals surface area contributed by atoms with Gasteiger partial charge in [-0.25, -0.2) is 4.90 Å². The lowest BCUT2D eigenvalue weighted by Crippen LogP contribution is -2.33. The third-order valence-corrected chi connectivity index (χ3v) is 5.99. The van der Waals surface area contributed by atoms with Crippen molar-refractivity contribution >= 4 is 40.1 Å². The van der Waals surface area contributed by atoms with Gasteiger partial charge in [0, 0.05) is 10.6 Å². The lowest BCUT2D eigenvalue weighted by atomic mass is 10.1. The molecule has 1 aliphatic heterocycles. The zero-order valence-corrected chi connectivity index (χ0v) is 17.7. The van der Waals surface area contributed by atoms with Crippen LogP contribution in [0.5, 0.6) is 0 Å². The molecule has 0 saturated heterocycles. The van der Waals surface area contributed by atoms with Gasteiger partial charge in [0.2, 0.25) is 0 Å². The highest BCUT2D eigenvalue weighted by atomic mass is 32.1. The first kappa shape index (κ1) is 19.2. The van der Waals surface area contributed by atoms with Gasteiger partial charge in [-0.3, -0.25) is 9.59 Å². The first-order valence-corrected chi connectivity index (χ1v) is 10.3. The molecule has 146 valence electrons. The summed E-state index contributed by atoms with van der Waals surface area (Å²) in [4.78, 5) is 29.0. The highest BCUT2D eigenvalue weighted by molar-refractivity contribution is 7.11. The van der Waals surface area contributed by atoms with Crippen molar-refractivity contribution in [3.8, 4) is 0 Å². The number of hydrogen-bond donors (Lipinski definition) is 1. The monoisotopic (exact) mass is 402 g/mol. The molecule has 0 spiro atoms. The van der Waals surface area contributed by atoms with E-state index in [4.69, 9.17) is 0 Å². The molecule has 0 fully saturated rings. The summed E-state index contributed by atoms with van der Waals surface area (Å²) >= 11 is 1.45. The second-order valence-corrected chi connectivity index (χ2v) is 8.35. The molecule has 3 aromatic rings. The van der Waals surface area contributed by atoms with Gasteiger partial charge in [0.05, 0.1) is 11.3 Å². The van der Waals surface area contributed by atoms with Crippen molar-refractivity contribution in [2.75, 3.05) is 10.2 Å². The van der Waals surface area contributed by atoms with Gasteiger partial charge < -0.3 is 5.32 Å². The van der Waals surface area contributed by atoms with E-state index in [1.807, 2.05) is 75.5 Å². The molecule has 2 aromatic carbocycles. The molecule has 4 nitrogen and oxygen atoms in total. The summed E-state index contributed by atoms with van der Waals surface area (Å²) in [6, 6.07) is 15.6. The van der Waals surface area contributed by atoms with Crippen LogP contribution in [0.15, 0.2) is 59.6 Å². The first-order valence-electron chi connectivity index (χ1n) is 9.45. The molecule has 0 bridgehead atoms. The van der Waals surface area contributed by atoms with Crippen molar-refractivity contribution in [2.24, 2.45) is 0 Å². The van der Waals surface area contributed by atoms with Gasteiger partial charge in [-0.15, -0.1) is 11.3 Å². The van der Waals surface area contributed by atoms with E-state index in [0.717, 1.165) is 32.8 Å². The van der Waals surface area contributed by atoms with Crippen LogP contribution in [0.4, 0.5) is 11.4 Å². The molecule has 0 aliphatic carbocycles. The van der Waals surface area contributed by atoms with Crippen LogP contribution in [0.1, 0.15) is 27.1 Å². The summed E-state index contributed by atoms with van der Waals surface area (Å²) in [5, 5.41) is 5.18. The van der Waals surface area contributed by atoms with Crippen molar-refractivity contribution in [1.29, 1.82) is 0 Å². The summed E-state index contributed by atoms with van der Waals surface area (Å²) in [6.07, 6.45) is 0. The standard InChI is InChI=1S/C24H22N2O2S/c1-14-8-10-18(17(4)12-14)25-22-21(20-6-5-11-29-20)23(27)26(24(22)28)19-13-15(2)7-9-16(19)3/h5-13,25H,1-4H3. The predicted octanol–water partition coefficient (Wildman–Crippen LogP) is 5.38. The quantitative estimate of drug-likeness (QED) is 0.596. The molecule has 0 atom stereocenters. The Kier molecular flexibility index (Phi) is 4.84. The summed E-state index contributed by atoms with van der Waals surface area (Å²) in [7, 11) is 0. The maximum Gasteiger partial charge on any atom is 0.282 e. The molecule has 1 aliphatic rings. The molecular weight excluding hydrogens is 380 g/mol. The van der Waals surface area contributed by atoms with Crippen LogP contribution < -0.4 is 10.2 Å². The molecule has 2 amide bonds. The topological polar surface area (TPSA) is 49.4 Å². The number of thiophene rings is 1. The number of carbonyl (C=O) groups is 2. The maximum absolute atomic E-state index is 13.5. The Balaban J connectivity index is 1.84. The molecule has 1 N–H and O–H groups in total. The fourth-order valence-electron chi connectivity index (χ4n) is 3.56. The molecule has 5 heteroatoms. The predicted molar refractivity (Wildman–Crippen MR) is 119 cm³/mol. The van der Waals surface area contributed by atoms with Gasteiger partial charge in [0.25, 0.3) is 11.8 Å². The average molecular weight is 403 g/mol. The van der Waals surface area contributed by atoms with Crippen LogP contribution in [-0.4, -0.2) is 11.8 Å². The number of hydrogen-bond acceptors (Lipinski definition) is 4. The molecule has 29 heavy (non-hydrogen) atoms. The summed E-state index contributed by atoms with van der Waals surface area (Å²) in [5.74, 6) is -0.620. The number of aryl methyl sites for hydroxylation is 4. The number of amides is 2. The fourth-order valence-corrected chi connectivity index (χ4v) is 4.33. The normalized spacial score (nSPS) is 14.1. The number of carbonyl (C=O) groups excluding carboxylic acids is 2. The van der Waals surface area contributed by atoms with Gasteiger partial charge in [0.1, 0.15) is 5.70 Å². The maximum atomic E-state index is 13.5. The molecule has 2 heterocycles. The number of nitrogens with one attached hydrogen (secondary N) is 1. The van der Waals surface area contributed by atoms with Gasteiger partial charge in [-0.1, -0.05) is 35.9 Å². The van der Waals surface area contributed by atoms with Crippen molar-refractivity contribution in [2.45, 2.75) is 27.7 Å². The van der Waals surface area contributed by atoms with Crippen molar-refractivity contribution in [3.05, 3.63) is 86.7 Å². The third kappa shape index (κ3) is 3.38. The van der Waals surface area contributed by atoms with E-state index in [1.165, 1.54) is 16.2 Å². The SMILES string of the molecule is Cc1ccc(NC2=C(c3cccs3)C(=O)N(c3cc(C)ccc3C)C2=O)c(C)c1. The van der Waals surface area contributed by atoms with Gasteiger partial charge in [-0.2, -0.15) is 0 Å². The number of anilines is 2. The second kappa shape index (κ2) is 7.33. The first-order chi connectivity index (χ1) is 13.9. The number of benzene rings is 2. The summed E-state index contributed by atoms with van der Waals surface area (Å²) in [5.41, 5.74) is 6.25. The van der Waals surface area contributed by atoms with E-state index in [2.05, 4.69) is 11.4 Å².